The fourth-order valence-electron chi connectivity index (χ4n) is 1.92. The number of carbonyl (C=O) groups excluding carboxylic acids is 1. The predicted molar refractivity (Wildman–Crippen MR) is 74.9 cm³/mol. The molecule has 0 saturated heterocycles. The molecule has 0 aromatic heterocycles. The molecule has 0 heterocycles. The molecule has 2 unspecified atom stereocenters. The van der Waals surface area contributed by atoms with Crippen LogP contribution in [0, 0.1) is 6.92 Å². The summed E-state index contributed by atoms with van der Waals surface area (Å²) >= 11 is 0. The number of benzene rings is 1. The van der Waals surface area contributed by atoms with E-state index in [0.29, 0.717) is 0 Å². The number of aliphatic carboxylic acids is 2. The Morgan fingerprint density at radius 1 is 1.14 bits per heavy atom. The van der Waals surface area contributed by atoms with E-state index in [1.165, 1.54) is 0 Å². The topological polar surface area (TPSA) is 116 Å². The molecule has 0 bridgehead atoms. The average molecular weight is 294 g/mol. The van der Waals surface area contributed by atoms with Crippen LogP contribution in [0.25, 0.3) is 0 Å². The highest BCUT2D eigenvalue weighted by molar-refractivity contribution is 5.86. The highest BCUT2D eigenvalue weighted by Crippen LogP contribution is 2.16. The zero-order valence-corrected chi connectivity index (χ0v) is 11.8. The van der Waals surface area contributed by atoms with Gasteiger partial charge >= 0.3 is 18.0 Å². The minimum absolute atomic E-state index is 0.328. The van der Waals surface area contributed by atoms with Gasteiger partial charge in [-0.15, -0.1) is 0 Å². The van der Waals surface area contributed by atoms with E-state index < -0.39 is 30.4 Å². The van der Waals surface area contributed by atoms with Crippen molar-refractivity contribution in [2.24, 2.45) is 0 Å². The van der Waals surface area contributed by atoms with Crippen molar-refractivity contribution in [3.05, 3.63) is 35.4 Å². The molecule has 7 heteroatoms. The minimum Gasteiger partial charge on any atom is -0.481 e. The van der Waals surface area contributed by atoms with Gasteiger partial charge in [0.2, 0.25) is 0 Å². The number of hydrogen-bond donors (Lipinski definition) is 4. The average Bonchev–Trinajstić information content (AvgIpc) is 2.37. The maximum Gasteiger partial charge on any atom is 0.326 e. The molecule has 1 rings (SSSR count). The van der Waals surface area contributed by atoms with Crippen LogP contribution in [0.2, 0.25) is 0 Å². The second-order valence-electron chi connectivity index (χ2n) is 4.68. The van der Waals surface area contributed by atoms with Gasteiger partial charge in [-0.1, -0.05) is 24.3 Å². The normalized spacial score (nSPS) is 13.0. The Morgan fingerprint density at radius 2 is 1.76 bits per heavy atom. The lowest BCUT2D eigenvalue weighted by Crippen LogP contribution is -2.47. The van der Waals surface area contributed by atoms with Crippen molar-refractivity contribution in [3.63, 3.8) is 0 Å². The largest absolute Gasteiger partial charge is 0.481 e. The van der Waals surface area contributed by atoms with Crippen LogP contribution < -0.4 is 10.6 Å². The third-order valence-corrected chi connectivity index (χ3v) is 2.98. The van der Waals surface area contributed by atoms with Crippen LogP contribution in [0.4, 0.5) is 4.79 Å². The zero-order chi connectivity index (χ0) is 16.0. The van der Waals surface area contributed by atoms with Crippen molar-refractivity contribution in [3.8, 4) is 0 Å². The van der Waals surface area contributed by atoms with E-state index in [0.717, 1.165) is 11.1 Å². The van der Waals surface area contributed by atoms with Gasteiger partial charge in [0.25, 0.3) is 0 Å². The first-order chi connectivity index (χ1) is 9.81. The SMILES string of the molecule is Cc1ccccc1C(C)NC(=O)NC(CC(=O)O)C(=O)O. The maximum atomic E-state index is 11.8. The molecular formula is C14H18N2O5. The van der Waals surface area contributed by atoms with Crippen molar-refractivity contribution < 1.29 is 24.6 Å². The highest BCUT2D eigenvalue weighted by Gasteiger charge is 2.23. The molecular weight excluding hydrogens is 276 g/mol. The quantitative estimate of drug-likeness (QED) is 0.631. The fourth-order valence-corrected chi connectivity index (χ4v) is 1.92. The van der Waals surface area contributed by atoms with Crippen molar-refractivity contribution in [1.82, 2.24) is 10.6 Å². The van der Waals surface area contributed by atoms with Gasteiger partial charge in [-0.25, -0.2) is 9.59 Å². The number of hydrogen-bond acceptors (Lipinski definition) is 3. The molecule has 2 amide bonds. The number of carbonyl (C=O) groups is 3. The lowest BCUT2D eigenvalue weighted by atomic mass is 10.0. The Bertz CT molecular complexity index is 544. The van der Waals surface area contributed by atoms with Crippen LogP contribution in [0.1, 0.15) is 30.5 Å². The second-order valence-corrected chi connectivity index (χ2v) is 4.68. The van der Waals surface area contributed by atoms with Gasteiger partial charge in [0, 0.05) is 0 Å². The van der Waals surface area contributed by atoms with E-state index in [1.807, 2.05) is 31.2 Å². The van der Waals surface area contributed by atoms with Gasteiger partial charge in [-0.3, -0.25) is 4.79 Å². The molecule has 0 fully saturated rings. The fraction of sp³-hybridized carbons (Fsp3) is 0.357. The molecule has 4 N–H and O–H groups in total. The summed E-state index contributed by atoms with van der Waals surface area (Å²) in [7, 11) is 0. The van der Waals surface area contributed by atoms with E-state index in [9.17, 15) is 14.4 Å². The zero-order valence-electron chi connectivity index (χ0n) is 11.8. The van der Waals surface area contributed by atoms with Gasteiger partial charge in [0.15, 0.2) is 0 Å². The van der Waals surface area contributed by atoms with Crippen molar-refractivity contribution in [2.75, 3.05) is 0 Å². The Morgan fingerprint density at radius 3 is 2.29 bits per heavy atom. The van der Waals surface area contributed by atoms with Crippen LogP contribution in [-0.2, 0) is 9.59 Å². The molecule has 0 radical (unpaired) electrons. The summed E-state index contributed by atoms with van der Waals surface area (Å²) in [5, 5.41) is 22.2. The summed E-state index contributed by atoms with van der Waals surface area (Å²) in [6.45, 7) is 3.66. The summed E-state index contributed by atoms with van der Waals surface area (Å²) < 4.78 is 0. The first-order valence-corrected chi connectivity index (χ1v) is 6.38. The molecule has 2 atom stereocenters. The molecule has 21 heavy (non-hydrogen) atoms. The number of carboxylic acids is 2. The maximum absolute atomic E-state index is 11.8. The van der Waals surface area contributed by atoms with Gasteiger partial charge < -0.3 is 20.8 Å². The lowest BCUT2D eigenvalue weighted by molar-refractivity contribution is -0.145. The van der Waals surface area contributed by atoms with Crippen LogP contribution >= 0.6 is 0 Å². The van der Waals surface area contributed by atoms with E-state index >= 15 is 0 Å². The number of rotatable bonds is 6. The van der Waals surface area contributed by atoms with Gasteiger partial charge in [0.1, 0.15) is 6.04 Å². The van der Waals surface area contributed by atoms with Crippen LogP contribution in [-0.4, -0.2) is 34.2 Å². The number of amides is 2. The van der Waals surface area contributed by atoms with E-state index in [4.69, 9.17) is 10.2 Å². The molecule has 0 aliphatic heterocycles. The summed E-state index contributed by atoms with van der Waals surface area (Å²) in [5.41, 5.74) is 1.89. The molecule has 114 valence electrons. The smallest absolute Gasteiger partial charge is 0.326 e. The third-order valence-electron chi connectivity index (χ3n) is 2.98. The lowest BCUT2D eigenvalue weighted by Gasteiger charge is -2.19. The Balaban J connectivity index is 2.66. The number of aryl methyl sites for hydroxylation is 1. The standard InChI is InChI=1S/C14H18N2O5/c1-8-5-3-4-6-10(8)9(2)15-14(21)16-11(13(19)20)7-12(17)18/h3-6,9,11H,7H2,1-2H3,(H,17,18)(H,19,20)(H2,15,16,21). The van der Waals surface area contributed by atoms with Crippen molar-refractivity contribution >= 4 is 18.0 Å². The number of urea groups is 1. The second kappa shape index (κ2) is 7.28. The molecule has 1 aromatic carbocycles. The number of nitrogens with one attached hydrogen (secondary N) is 2. The van der Waals surface area contributed by atoms with Gasteiger partial charge in [-0.2, -0.15) is 0 Å². The monoisotopic (exact) mass is 294 g/mol. The molecule has 0 spiro atoms. The molecule has 0 aliphatic rings. The van der Waals surface area contributed by atoms with Crippen LogP contribution in [0.3, 0.4) is 0 Å². The Labute approximate surface area is 122 Å². The van der Waals surface area contributed by atoms with Crippen LogP contribution in [0.5, 0.6) is 0 Å². The van der Waals surface area contributed by atoms with Gasteiger partial charge in [-0.05, 0) is 25.0 Å². The van der Waals surface area contributed by atoms with Crippen molar-refractivity contribution in [2.45, 2.75) is 32.4 Å². The van der Waals surface area contributed by atoms with E-state index in [2.05, 4.69) is 10.6 Å². The third kappa shape index (κ3) is 5.13. The predicted octanol–water partition coefficient (Wildman–Crippen LogP) is 1.28. The van der Waals surface area contributed by atoms with E-state index in [1.54, 1.807) is 6.92 Å². The van der Waals surface area contributed by atoms with E-state index in [-0.39, 0.29) is 6.04 Å². The Kier molecular flexibility index (Phi) is 5.71. The van der Waals surface area contributed by atoms with Gasteiger partial charge in [0.05, 0.1) is 12.5 Å². The summed E-state index contributed by atoms with van der Waals surface area (Å²) in [5.74, 6) is -2.69. The highest BCUT2D eigenvalue weighted by atomic mass is 16.4. The first-order valence-electron chi connectivity index (χ1n) is 6.38. The molecule has 1 aromatic rings. The molecule has 7 nitrogen and oxygen atoms in total. The van der Waals surface area contributed by atoms with Crippen LogP contribution in [0.15, 0.2) is 24.3 Å². The summed E-state index contributed by atoms with van der Waals surface area (Å²) in [6, 6.07) is 4.95. The molecule has 0 aliphatic carbocycles. The summed E-state index contributed by atoms with van der Waals surface area (Å²) in [6.07, 6.45) is -0.679. The van der Waals surface area contributed by atoms with Crippen molar-refractivity contribution in [1.29, 1.82) is 0 Å². The Hall–Kier alpha value is -2.57. The summed E-state index contributed by atoms with van der Waals surface area (Å²) in [4.78, 5) is 33.2. The first kappa shape index (κ1) is 16.5. The number of carboxylic acid groups (broad SMARTS) is 2. The molecule has 0 saturated carbocycles. The minimum atomic E-state index is -1.47.